The summed E-state index contributed by atoms with van der Waals surface area (Å²) in [4.78, 5) is 13.5. The monoisotopic (exact) mass is 815 g/mol. The van der Waals surface area contributed by atoms with E-state index in [1.54, 1.807) is 0 Å². The molecule has 308 valence electrons. The molecule has 17 atom stereocenters. The van der Waals surface area contributed by atoms with Crippen molar-refractivity contribution < 1.29 is 29.0 Å². The van der Waals surface area contributed by atoms with E-state index in [0.717, 1.165) is 25.7 Å². The molecule has 9 rings (SSSR count). The number of nitrogens with one attached hydrogen (secondary N) is 8. The number of carbonyl (C=O) groups is 1. The second kappa shape index (κ2) is 19.4. The van der Waals surface area contributed by atoms with E-state index in [-0.39, 0.29) is 56.0 Å². The van der Waals surface area contributed by atoms with Crippen LogP contribution in [0.1, 0.15) is 167 Å². The van der Waals surface area contributed by atoms with Crippen LogP contribution in [-0.4, -0.2) is 61.4 Å². The van der Waals surface area contributed by atoms with Gasteiger partial charge in [0.05, 0.1) is 49.3 Å². The average Bonchev–Trinajstić information content (AvgIpc) is 3.93. The fourth-order valence-electron chi connectivity index (χ4n) is 13.9. The van der Waals surface area contributed by atoms with Gasteiger partial charge in [-0.1, -0.05) is 96.8 Å². The van der Waals surface area contributed by atoms with Crippen LogP contribution in [0.5, 0.6) is 0 Å². The Morgan fingerprint density at radius 2 is 0.745 bits per heavy atom. The summed E-state index contributed by atoms with van der Waals surface area (Å²) < 4.78 is 6.56. The first-order valence-corrected chi connectivity index (χ1v) is 23.9. The van der Waals surface area contributed by atoms with Gasteiger partial charge in [-0.2, -0.15) is 0 Å². The third kappa shape index (κ3) is 9.11. The van der Waals surface area contributed by atoms with Gasteiger partial charge in [0.2, 0.25) is 0 Å². The molecule has 10 nitrogen and oxygen atoms in total. The van der Waals surface area contributed by atoms with Crippen molar-refractivity contribution in [2.75, 3.05) is 0 Å². The summed E-state index contributed by atoms with van der Waals surface area (Å²) in [6, 6.07) is 0. The Morgan fingerprint density at radius 3 is 1.15 bits per heavy atom. The fraction of sp³-hybridized carbons (Fsp3) is 0.977. The SMILES string of the molecule is CCCCCCCCCCCC(=O)OC1CCCC2C3NC4NC(NC5NC(NC6NC(NC(N3)C12)C1CCCCC61)C1CCCCC51)C1CCCCC41.[Zn]. The normalized spacial score (nSPS) is 46.2. The molecule has 8 N–H and O–H groups in total. The maximum Gasteiger partial charge on any atom is 0.306 e. The molecule has 0 radical (unpaired) electrons. The Morgan fingerprint density at radius 1 is 0.418 bits per heavy atom. The van der Waals surface area contributed by atoms with Crippen molar-refractivity contribution >= 4 is 5.97 Å². The molecule has 5 saturated heterocycles. The van der Waals surface area contributed by atoms with Gasteiger partial charge in [-0.25, -0.2) is 0 Å². The van der Waals surface area contributed by atoms with E-state index < -0.39 is 0 Å². The summed E-state index contributed by atoms with van der Waals surface area (Å²) in [5.74, 6) is 4.70. The Kier molecular flexibility index (Phi) is 14.7. The third-order valence-corrected chi connectivity index (χ3v) is 16.6. The van der Waals surface area contributed by atoms with Crippen molar-refractivity contribution in [1.82, 2.24) is 42.5 Å². The molecule has 0 aromatic heterocycles. The van der Waals surface area contributed by atoms with Gasteiger partial charge in [0, 0.05) is 31.8 Å². The molecule has 0 spiro atoms. The zero-order valence-electron chi connectivity index (χ0n) is 34.5. The molecule has 55 heavy (non-hydrogen) atoms. The van der Waals surface area contributed by atoms with E-state index in [4.69, 9.17) is 4.74 Å². The van der Waals surface area contributed by atoms with Crippen molar-refractivity contribution in [2.24, 2.45) is 47.3 Å². The predicted octanol–water partition coefficient (Wildman–Crippen LogP) is 6.05. The first-order chi connectivity index (χ1) is 26.6. The Hall–Kier alpha value is -0.227. The van der Waals surface area contributed by atoms with Crippen LogP contribution in [0.25, 0.3) is 0 Å². The van der Waals surface area contributed by atoms with E-state index in [1.165, 1.54) is 128 Å². The molecular formula is C44H78N8O2Zn. The molecule has 5 heterocycles. The van der Waals surface area contributed by atoms with Gasteiger partial charge in [0.1, 0.15) is 6.10 Å². The van der Waals surface area contributed by atoms with Crippen molar-refractivity contribution in [1.29, 1.82) is 0 Å². The molecule has 0 amide bonds. The molecule has 0 aromatic rings. The molecule has 4 aliphatic carbocycles. The van der Waals surface area contributed by atoms with Crippen molar-refractivity contribution in [3.05, 3.63) is 0 Å². The Labute approximate surface area is 346 Å². The van der Waals surface area contributed by atoms with Crippen LogP contribution in [0.4, 0.5) is 0 Å². The smallest absolute Gasteiger partial charge is 0.306 e. The fourth-order valence-corrected chi connectivity index (χ4v) is 13.9. The third-order valence-electron chi connectivity index (χ3n) is 16.6. The molecule has 0 aromatic carbocycles. The predicted molar refractivity (Wildman–Crippen MR) is 214 cm³/mol. The molecule has 4 saturated carbocycles. The van der Waals surface area contributed by atoms with Crippen LogP contribution in [-0.2, 0) is 29.0 Å². The van der Waals surface area contributed by atoms with Crippen molar-refractivity contribution in [3.63, 3.8) is 0 Å². The van der Waals surface area contributed by atoms with Crippen LogP contribution in [0, 0.1) is 47.3 Å². The van der Waals surface area contributed by atoms with Gasteiger partial charge in [0.25, 0.3) is 0 Å². The van der Waals surface area contributed by atoms with Gasteiger partial charge < -0.3 is 4.74 Å². The van der Waals surface area contributed by atoms with E-state index in [1.807, 2.05) is 0 Å². The number of carbonyl (C=O) groups excluding carboxylic acids is 1. The number of rotatable bonds is 11. The zero-order chi connectivity index (χ0) is 36.4. The van der Waals surface area contributed by atoms with E-state index >= 15 is 0 Å². The van der Waals surface area contributed by atoms with Crippen molar-refractivity contribution in [3.8, 4) is 0 Å². The molecule has 5 aliphatic heterocycles. The van der Waals surface area contributed by atoms with Gasteiger partial charge in [-0.15, -0.1) is 0 Å². The second-order valence-electron chi connectivity index (χ2n) is 19.8. The van der Waals surface area contributed by atoms with Gasteiger partial charge in [0.15, 0.2) is 0 Å². The number of unbranched alkanes of at least 4 members (excludes halogenated alkanes) is 8. The first-order valence-electron chi connectivity index (χ1n) is 23.9. The molecule has 8 bridgehead atoms. The molecular weight excluding hydrogens is 738 g/mol. The van der Waals surface area contributed by atoms with E-state index in [2.05, 4.69) is 49.5 Å². The van der Waals surface area contributed by atoms with Gasteiger partial charge in [-0.3, -0.25) is 47.3 Å². The van der Waals surface area contributed by atoms with Crippen LogP contribution in [0.15, 0.2) is 0 Å². The quantitative estimate of drug-likeness (QED) is 0.0712. The first kappa shape index (κ1) is 41.5. The van der Waals surface area contributed by atoms with Gasteiger partial charge in [-0.05, 0) is 106 Å². The van der Waals surface area contributed by atoms with Crippen LogP contribution in [0.3, 0.4) is 0 Å². The Balaban J connectivity index is 0.00000427. The second-order valence-corrected chi connectivity index (χ2v) is 19.8. The van der Waals surface area contributed by atoms with E-state index in [9.17, 15) is 4.79 Å². The van der Waals surface area contributed by atoms with Crippen LogP contribution >= 0.6 is 0 Å². The average molecular weight is 817 g/mol. The number of hydrogen-bond donors (Lipinski definition) is 8. The largest absolute Gasteiger partial charge is 0.462 e. The molecule has 11 heteroatoms. The van der Waals surface area contributed by atoms with E-state index in [0.29, 0.717) is 78.7 Å². The number of esters is 1. The van der Waals surface area contributed by atoms with Crippen molar-refractivity contribution in [2.45, 2.75) is 223 Å². The molecule has 9 fully saturated rings. The summed E-state index contributed by atoms with van der Waals surface area (Å²) in [6.45, 7) is 2.28. The maximum atomic E-state index is 13.5. The number of ether oxygens (including phenoxy) is 1. The summed E-state index contributed by atoms with van der Waals surface area (Å²) in [5, 5.41) is 33.8. The molecule has 9 aliphatic rings. The number of hydrogen-bond acceptors (Lipinski definition) is 10. The summed E-state index contributed by atoms with van der Waals surface area (Å²) >= 11 is 0. The minimum absolute atomic E-state index is 0. The zero-order valence-corrected chi connectivity index (χ0v) is 37.5. The standard InChI is InChI=1S/C44H78N8O2.Zn/c1-2-3-4-5-6-7-8-9-10-26-35(53)54-34-25-17-24-33-36(34)44-51-42-32-23-16-15-22-31(32)40(49-42)47-38-28-19-12-11-18-27(28)37(45-38)46-39-29-20-13-14-21-30(29)41(48-39)50-43(33)52-44;/h27-34,36-52H,2-26H2,1H3;. The summed E-state index contributed by atoms with van der Waals surface area (Å²) in [7, 11) is 0. The van der Waals surface area contributed by atoms with Gasteiger partial charge >= 0.3 is 5.97 Å². The summed E-state index contributed by atoms with van der Waals surface area (Å²) in [6.07, 6.45) is 33.5. The minimum atomic E-state index is -0.0253. The molecule has 17 unspecified atom stereocenters. The minimum Gasteiger partial charge on any atom is -0.462 e. The number of fused-ring (bicyclic) bond motifs is 20. The Bertz CT molecular complexity index is 1230. The topological polar surface area (TPSA) is 123 Å². The maximum absolute atomic E-state index is 13.5. The summed E-state index contributed by atoms with van der Waals surface area (Å²) in [5.41, 5.74) is 0. The van der Waals surface area contributed by atoms with Crippen LogP contribution in [0.2, 0.25) is 0 Å². The van der Waals surface area contributed by atoms with Crippen LogP contribution < -0.4 is 42.5 Å².